The monoisotopic (exact) mass is 353 g/mol. The van der Waals surface area contributed by atoms with E-state index in [4.69, 9.17) is 5.26 Å². The lowest BCUT2D eigenvalue weighted by Crippen LogP contribution is -2.24. The lowest BCUT2D eigenvalue weighted by Gasteiger charge is -2.18. The molecule has 2 N–H and O–H groups in total. The molecule has 0 bridgehead atoms. The quantitative estimate of drug-likeness (QED) is 0.866. The number of aromatic hydroxyl groups is 1. The van der Waals surface area contributed by atoms with Gasteiger partial charge in [0.25, 0.3) is 0 Å². The summed E-state index contributed by atoms with van der Waals surface area (Å²) in [6.07, 6.45) is -5.69. The van der Waals surface area contributed by atoms with Crippen LogP contribution < -0.4 is 5.69 Å². The first-order chi connectivity index (χ1) is 11.7. The maximum absolute atomic E-state index is 13.5. The molecule has 1 aromatic carbocycles. The Bertz CT molecular complexity index is 951. The fraction of sp³-hybridized carbons (Fsp3) is 0.375. The first-order valence-electron chi connectivity index (χ1n) is 7.58. The summed E-state index contributed by atoms with van der Waals surface area (Å²) >= 11 is 0. The van der Waals surface area contributed by atoms with Gasteiger partial charge in [-0.2, -0.15) is 18.4 Å². The number of hydrogen-bond acceptors (Lipinski definition) is 4. The molecular formula is C16H14F3N3O3. The molecule has 0 fully saturated rings. The number of aliphatic hydroxyl groups is 1. The molecule has 0 radical (unpaired) electrons. The highest BCUT2D eigenvalue weighted by Crippen LogP contribution is 2.39. The Hall–Kier alpha value is -2.73. The SMILES string of the molecule is CCc1c(-n2c(O)c3n(c2=O)CC[C@H]3O)ccc(C#N)c1C(F)(F)F. The summed E-state index contributed by atoms with van der Waals surface area (Å²) in [6, 6.07) is 3.69. The van der Waals surface area contributed by atoms with Crippen molar-refractivity contribution in [3.63, 3.8) is 0 Å². The predicted octanol–water partition coefficient (Wildman–Crippen LogP) is 2.23. The fourth-order valence-corrected chi connectivity index (χ4v) is 3.32. The molecule has 0 aliphatic carbocycles. The molecule has 1 aliphatic rings. The van der Waals surface area contributed by atoms with Crippen LogP contribution in [0.15, 0.2) is 16.9 Å². The highest BCUT2D eigenvalue weighted by atomic mass is 19.4. The van der Waals surface area contributed by atoms with Crippen LogP contribution in [0.5, 0.6) is 5.88 Å². The number of fused-ring (bicyclic) bond motifs is 1. The number of aliphatic hydroxyl groups excluding tert-OH is 1. The maximum atomic E-state index is 13.5. The summed E-state index contributed by atoms with van der Waals surface area (Å²) in [4.78, 5) is 12.5. The molecule has 0 spiro atoms. The molecule has 0 saturated heterocycles. The van der Waals surface area contributed by atoms with Crippen molar-refractivity contribution in [1.82, 2.24) is 9.13 Å². The Labute approximate surface area is 140 Å². The number of aromatic nitrogens is 2. The molecule has 132 valence electrons. The summed E-state index contributed by atoms with van der Waals surface area (Å²) in [5, 5.41) is 29.2. The Morgan fingerprint density at radius 3 is 2.60 bits per heavy atom. The second-order valence-corrected chi connectivity index (χ2v) is 5.73. The molecule has 2 aromatic rings. The number of halogens is 3. The van der Waals surface area contributed by atoms with E-state index in [0.29, 0.717) is 0 Å². The Morgan fingerprint density at radius 1 is 1.40 bits per heavy atom. The van der Waals surface area contributed by atoms with Gasteiger partial charge in [0, 0.05) is 6.54 Å². The number of benzene rings is 1. The van der Waals surface area contributed by atoms with E-state index in [1.165, 1.54) is 19.1 Å². The van der Waals surface area contributed by atoms with Crippen molar-refractivity contribution in [3.05, 3.63) is 45.0 Å². The minimum absolute atomic E-state index is 0.00929. The third kappa shape index (κ3) is 2.41. The third-order valence-electron chi connectivity index (χ3n) is 4.38. The Kier molecular flexibility index (Phi) is 3.88. The summed E-state index contributed by atoms with van der Waals surface area (Å²) in [7, 11) is 0. The van der Waals surface area contributed by atoms with Crippen LogP contribution in [0.25, 0.3) is 5.69 Å². The van der Waals surface area contributed by atoms with E-state index in [1.807, 2.05) is 0 Å². The van der Waals surface area contributed by atoms with Crippen LogP contribution in [0.4, 0.5) is 13.2 Å². The minimum Gasteiger partial charge on any atom is -0.493 e. The van der Waals surface area contributed by atoms with E-state index < -0.39 is 35.0 Å². The van der Waals surface area contributed by atoms with Crippen LogP contribution in [0, 0.1) is 11.3 Å². The van der Waals surface area contributed by atoms with E-state index in [-0.39, 0.29) is 36.3 Å². The van der Waals surface area contributed by atoms with Gasteiger partial charge in [0.1, 0.15) is 11.8 Å². The molecule has 0 saturated carbocycles. The molecule has 25 heavy (non-hydrogen) atoms. The van der Waals surface area contributed by atoms with Crippen molar-refractivity contribution in [3.8, 4) is 17.6 Å². The van der Waals surface area contributed by atoms with Gasteiger partial charge in [0.05, 0.1) is 22.9 Å². The van der Waals surface area contributed by atoms with Crippen molar-refractivity contribution in [2.24, 2.45) is 0 Å². The Balaban J connectivity index is 2.37. The number of hydrogen-bond donors (Lipinski definition) is 2. The topological polar surface area (TPSA) is 91.2 Å². The Morgan fingerprint density at radius 2 is 2.08 bits per heavy atom. The zero-order chi connectivity index (χ0) is 18.5. The predicted molar refractivity (Wildman–Crippen MR) is 80.4 cm³/mol. The standard InChI is InChI=1S/C16H14F3N3O3/c1-2-9-10(4-3-8(7-20)12(9)16(17,18)19)22-14(24)13-11(23)5-6-21(13)15(22)25/h3-4,11,23-24H,2,5-6H2,1H3/t11-/m1/s1. The normalized spacial score (nSPS) is 16.7. The van der Waals surface area contributed by atoms with Crippen LogP contribution in [-0.4, -0.2) is 19.3 Å². The molecule has 2 heterocycles. The smallest absolute Gasteiger partial charge is 0.418 e. The van der Waals surface area contributed by atoms with Gasteiger partial charge in [-0.1, -0.05) is 6.92 Å². The summed E-state index contributed by atoms with van der Waals surface area (Å²) < 4.78 is 42.3. The molecule has 6 nitrogen and oxygen atoms in total. The first kappa shape index (κ1) is 17.1. The molecular weight excluding hydrogens is 339 g/mol. The van der Waals surface area contributed by atoms with Crippen molar-refractivity contribution in [1.29, 1.82) is 5.26 Å². The van der Waals surface area contributed by atoms with E-state index in [9.17, 15) is 28.2 Å². The van der Waals surface area contributed by atoms with Gasteiger partial charge in [0.2, 0.25) is 5.88 Å². The second-order valence-electron chi connectivity index (χ2n) is 5.73. The van der Waals surface area contributed by atoms with E-state index in [0.717, 1.165) is 15.2 Å². The number of nitrogens with zero attached hydrogens (tertiary/aromatic N) is 3. The fourth-order valence-electron chi connectivity index (χ4n) is 3.32. The van der Waals surface area contributed by atoms with Gasteiger partial charge in [-0.3, -0.25) is 4.57 Å². The highest BCUT2D eigenvalue weighted by molar-refractivity contribution is 5.56. The van der Waals surface area contributed by atoms with Crippen molar-refractivity contribution >= 4 is 0 Å². The number of imidazole rings is 1. The molecule has 0 unspecified atom stereocenters. The average Bonchev–Trinajstić information content (AvgIpc) is 3.05. The number of alkyl halides is 3. The van der Waals surface area contributed by atoms with Gasteiger partial charge in [-0.25, -0.2) is 9.36 Å². The molecule has 1 atom stereocenters. The van der Waals surface area contributed by atoms with Gasteiger partial charge >= 0.3 is 11.9 Å². The van der Waals surface area contributed by atoms with Crippen LogP contribution in [-0.2, 0) is 19.1 Å². The first-order valence-corrected chi connectivity index (χ1v) is 7.58. The van der Waals surface area contributed by atoms with Crippen LogP contribution in [0.2, 0.25) is 0 Å². The zero-order valence-electron chi connectivity index (χ0n) is 13.1. The average molecular weight is 353 g/mol. The van der Waals surface area contributed by atoms with Crippen molar-refractivity contribution < 1.29 is 23.4 Å². The molecule has 9 heteroatoms. The molecule has 1 aliphatic heterocycles. The minimum atomic E-state index is -4.78. The van der Waals surface area contributed by atoms with Crippen molar-refractivity contribution in [2.75, 3.05) is 0 Å². The zero-order valence-corrected chi connectivity index (χ0v) is 13.1. The van der Waals surface area contributed by atoms with Crippen molar-refractivity contribution in [2.45, 2.75) is 38.6 Å². The van der Waals surface area contributed by atoms with Crippen LogP contribution in [0.3, 0.4) is 0 Å². The molecule has 3 rings (SSSR count). The summed E-state index contributed by atoms with van der Waals surface area (Å²) in [6.45, 7) is 1.63. The summed E-state index contributed by atoms with van der Waals surface area (Å²) in [5.74, 6) is -0.581. The number of rotatable bonds is 2. The van der Waals surface area contributed by atoms with E-state index in [1.54, 1.807) is 0 Å². The van der Waals surface area contributed by atoms with Gasteiger partial charge in [-0.15, -0.1) is 0 Å². The van der Waals surface area contributed by atoms with Crippen LogP contribution in [0.1, 0.15) is 41.8 Å². The van der Waals surface area contributed by atoms with Crippen LogP contribution >= 0.6 is 0 Å². The van der Waals surface area contributed by atoms with E-state index >= 15 is 0 Å². The highest BCUT2D eigenvalue weighted by Gasteiger charge is 2.38. The number of nitriles is 1. The molecule has 0 amide bonds. The largest absolute Gasteiger partial charge is 0.493 e. The lowest BCUT2D eigenvalue weighted by molar-refractivity contribution is -0.138. The second kappa shape index (κ2) is 5.67. The third-order valence-corrected chi connectivity index (χ3v) is 4.38. The van der Waals surface area contributed by atoms with Gasteiger partial charge in [-0.05, 0) is 30.5 Å². The lowest BCUT2D eigenvalue weighted by atomic mass is 9.97. The van der Waals surface area contributed by atoms with E-state index in [2.05, 4.69) is 0 Å². The maximum Gasteiger partial charge on any atom is 0.418 e. The van der Waals surface area contributed by atoms with Gasteiger partial charge in [0.15, 0.2) is 0 Å². The van der Waals surface area contributed by atoms with Gasteiger partial charge < -0.3 is 10.2 Å². The summed E-state index contributed by atoms with van der Waals surface area (Å²) in [5.41, 5.74) is -2.81. The molecule has 1 aromatic heterocycles.